The smallest absolute Gasteiger partial charge is 0.311 e. The highest BCUT2D eigenvalue weighted by Crippen LogP contribution is 2.11. The van der Waals surface area contributed by atoms with Gasteiger partial charge in [-0.15, -0.1) is 0 Å². The average molecular weight is 309 g/mol. The first-order valence-electron chi connectivity index (χ1n) is 7.78. The van der Waals surface area contributed by atoms with Crippen molar-refractivity contribution in [2.24, 2.45) is 0 Å². The predicted octanol–water partition coefficient (Wildman–Crippen LogP) is 3.31. The number of unbranched alkanes of at least 4 members (excludes halogenated alkanes) is 4. The van der Waals surface area contributed by atoms with Gasteiger partial charge in [0.2, 0.25) is 0 Å². The normalized spacial score (nSPS) is 13.8. The molecule has 2 N–H and O–H groups in total. The Morgan fingerprint density at radius 3 is 1.95 bits per heavy atom. The Balaban J connectivity index is 4.05. The third kappa shape index (κ3) is 12.8. The minimum atomic E-state index is -4.35. The molecule has 0 fully saturated rings. The van der Waals surface area contributed by atoms with Crippen LogP contribution in [-0.2, 0) is 14.6 Å². The predicted molar refractivity (Wildman–Crippen MR) is 82.2 cm³/mol. The van der Waals surface area contributed by atoms with Gasteiger partial charge < -0.3 is 5.32 Å². The van der Waals surface area contributed by atoms with Crippen molar-refractivity contribution in [3.63, 3.8) is 0 Å². The Hall–Kier alpha value is -0.170. The van der Waals surface area contributed by atoms with Crippen LogP contribution in [-0.4, -0.2) is 31.7 Å². The van der Waals surface area contributed by atoms with E-state index in [1.54, 1.807) is 6.92 Å². The first kappa shape index (κ1) is 19.8. The van der Waals surface area contributed by atoms with Gasteiger partial charge in [-0.05, 0) is 19.8 Å². The van der Waals surface area contributed by atoms with Gasteiger partial charge in [0.1, 0.15) is 0 Å². The molecule has 0 heterocycles. The molecule has 0 saturated carbocycles. The standard InChI is InChI=1S/C14H31NO4S/c1-4-6-8-10-14(11-9-7-5-2)15-12-13(3)19-20(16,17)18/h13-15H,4-12H2,1-3H3,(H,16,17,18)/t13-/m0/s1. The summed E-state index contributed by atoms with van der Waals surface area (Å²) in [5, 5.41) is 3.36. The molecule has 0 aromatic carbocycles. The number of nitrogens with one attached hydrogen (secondary N) is 1. The van der Waals surface area contributed by atoms with Crippen LogP contribution in [0.25, 0.3) is 0 Å². The molecule has 0 aliphatic carbocycles. The second-order valence-electron chi connectivity index (χ2n) is 5.43. The lowest BCUT2D eigenvalue weighted by Crippen LogP contribution is -2.36. The largest absolute Gasteiger partial charge is 0.397 e. The van der Waals surface area contributed by atoms with E-state index in [1.807, 2.05) is 0 Å². The Kier molecular flexibility index (Phi) is 11.4. The van der Waals surface area contributed by atoms with Gasteiger partial charge in [-0.3, -0.25) is 4.55 Å². The Labute approximate surface area is 124 Å². The van der Waals surface area contributed by atoms with Crippen LogP contribution in [0.1, 0.15) is 72.1 Å². The maximum Gasteiger partial charge on any atom is 0.397 e. The van der Waals surface area contributed by atoms with Crippen LogP contribution >= 0.6 is 0 Å². The van der Waals surface area contributed by atoms with E-state index in [0.29, 0.717) is 12.6 Å². The Morgan fingerprint density at radius 2 is 1.55 bits per heavy atom. The third-order valence-corrected chi connectivity index (χ3v) is 3.86. The summed E-state index contributed by atoms with van der Waals surface area (Å²) < 4.78 is 34.4. The van der Waals surface area contributed by atoms with Crippen molar-refractivity contribution < 1.29 is 17.2 Å². The first-order chi connectivity index (χ1) is 9.39. The second kappa shape index (κ2) is 11.5. The molecule has 0 radical (unpaired) electrons. The van der Waals surface area contributed by atoms with E-state index in [1.165, 1.54) is 38.5 Å². The molecule has 0 spiro atoms. The highest BCUT2D eigenvalue weighted by atomic mass is 32.3. The monoisotopic (exact) mass is 309 g/mol. The lowest BCUT2D eigenvalue weighted by molar-refractivity contribution is 0.188. The van der Waals surface area contributed by atoms with E-state index < -0.39 is 16.5 Å². The Bertz CT molecular complexity index is 309. The number of rotatable bonds is 13. The van der Waals surface area contributed by atoms with Gasteiger partial charge in [0.05, 0.1) is 6.10 Å². The van der Waals surface area contributed by atoms with Crippen LogP contribution in [0.3, 0.4) is 0 Å². The van der Waals surface area contributed by atoms with Gasteiger partial charge in [0.15, 0.2) is 0 Å². The lowest BCUT2D eigenvalue weighted by Gasteiger charge is -2.20. The average Bonchev–Trinajstić information content (AvgIpc) is 2.33. The molecule has 0 aromatic rings. The topological polar surface area (TPSA) is 75.6 Å². The van der Waals surface area contributed by atoms with Crippen LogP contribution in [0.4, 0.5) is 0 Å². The zero-order valence-electron chi connectivity index (χ0n) is 13.1. The molecule has 0 bridgehead atoms. The summed E-state index contributed by atoms with van der Waals surface area (Å²) >= 11 is 0. The molecule has 0 aliphatic rings. The van der Waals surface area contributed by atoms with Gasteiger partial charge >= 0.3 is 10.4 Å². The van der Waals surface area contributed by atoms with Crippen LogP contribution in [0.15, 0.2) is 0 Å². The van der Waals surface area contributed by atoms with Gasteiger partial charge in [0.25, 0.3) is 0 Å². The summed E-state index contributed by atoms with van der Waals surface area (Å²) in [5.74, 6) is 0. The summed E-state index contributed by atoms with van der Waals surface area (Å²) in [5.41, 5.74) is 0. The van der Waals surface area contributed by atoms with E-state index in [2.05, 4.69) is 23.3 Å². The summed E-state index contributed by atoms with van der Waals surface area (Å²) in [6.07, 6.45) is 8.89. The van der Waals surface area contributed by atoms with Gasteiger partial charge in [0, 0.05) is 12.6 Å². The van der Waals surface area contributed by atoms with Crippen molar-refractivity contribution in [2.75, 3.05) is 6.54 Å². The molecule has 122 valence electrons. The van der Waals surface area contributed by atoms with Crippen LogP contribution in [0.5, 0.6) is 0 Å². The van der Waals surface area contributed by atoms with Crippen molar-refractivity contribution in [3.05, 3.63) is 0 Å². The van der Waals surface area contributed by atoms with Gasteiger partial charge in [-0.25, -0.2) is 4.18 Å². The van der Waals surface area contributed by atoms with Crippen molar-refractivity contribution >= 4 is 10.4 Å². The van der Waals surface area contributed by atoms with E-state index in [0.717, 1.165) is 12.8 Å². The molecule has 0 rings (SSSR count). The molecule has 0 saturated heterocycles. The maximum absolute atomic E-state index is 10.6. The lowest BCUT2D eigenvalue weighted by atomic mass is 10.0. The maximum atomic E-state index is 10.6. The fraction of sp³-hybridized carbons (Fsp3) is 1.00. The molecule has 6 heteroatoms. The molecule has 0 amide bonds. The summed E-state index contributed by atoms with van der Waals surface area (Å²) in [4.78, 5) is 0. The minimum Gasteiger partial charge on any atom is -0.311 e. The molecule has 1 atom stereocenters. The van der Waals surface area contributed by atoms with Crippen LogP contribution in [0.2, 0.25) is 0 Å². The molecular weight excluding hydrogens is 278 g/mol. The number of hydrogen-bond donors (Lipinski definition) is 2. The molecular formula is C14H31NO4S. The van der Waals surface area contributed by atoms with E-state index in [9.17, 15) is 8.42 Å². The number of hydrogen-bond acceptors (Lipinski definition) is 4. The summed E-state index contributed by atoms with van der Waals surface area (Å²) in [6, 6.07) is 0.403. The minimum absolute atomic E-state index is 0.403. The van der Waals surface area contributed by atoms with E-state index in [-0.39, 0.29) is 0 Å². The van der Waals surface area contributed by atoms with Crippen molar-refractivity contribution in [3.8, 4) is 0 Å². The Morgan fingerprint density at radius 1 is 1.05 bits per heavy atom. The zero-order valence-corrected chi connectivity index (χ0v) is 13.9. The van der Waals surface area contributed by atoms with Crippen molar-refractivity contribution in [1.82, 2.24) is 5.32 Å². The van der Waals surface area contributed by atoms with Gasteiger partial charge in [-0.2, -0.15) is 8.42 Å². The summed E-state index contributed by atoms with van der Waals surface area (Å²) in [6.45, 7) is 6.43. The zero-order chi connectivity index (χ0) is 15.4. The van der Waals surface area contributed by atoms with Gasteiger partial charge in [-0.1, -0.05) is 52.4 Å². The molecule has 20 heavy (non-hydrogen) atoms. The SMILES string of the molecule is CCCCCC(CCCCC)NC[C@H](C)OS(=O)(=O)O. The van der Waals surface area contributed by atoms with Crippen LogP contribution in [0, 0.1) is 0 Å². The van der Waals surface area contributed by atoms with Crippen molar-refractivity contribution in [2.45, 2.75) is 84.3 Å². The summed E-state index contributed by atoms with van der Waals surface area (Å²) in [7, 11) is -4.35. The molecule has 5 nitrogen and oxygen atoms in total. The fourth-order valence-corrected chi connectivity index (χ4v) is 2.69. The highest BCUT2D eigenvalue weighted by Gasteiger charge is 2.14. The fourth-order valence-electron chi connectivity index (χ4n) is 2.20. The van der Waals surface area contributed by atoms with E-state index in [4.69, 9.17) is 4.55 Å². The third-order valence-electron chi connectivity index (χ3n) is 3.29. The second-order valence-corrected chi connectivity index (χ2v) is 6.48. The molecule has 0 aromatic heterocycles. The van der Waals surface area contributed by atoms with E-state index >= 15 is 0 Å². The van der Waals surface area contributed by atoms with Crippen molar-refractivity contribution in [1.29, 1.82) is 0 Å². The highest BCUT2D eigenvalue weighted by molar-refractivity contribution is 7.80. The first-order valence-corrected chi connectivity index (χ1v) is 9.14. The molecule has 0 unspecified atom stereocenters. The van der Waals surface area contributed by atoms with Crippen LogP contribution < -0.4 is 5.32 Å². The molecule has 0 aliphatic heterocycles. The quantitative estimate of drug-likeness (QED) is 0.403.